The van der Waals surface area contributed by atoms with Gasteiger partial charge >= 0.3 is 0 Å². The molecule has 14 heteroatoms. The monoisotopic (exact) mass is 530 g/mol. The van der Waals surface area contributed by atoms with Gasteiger partial charge in [-0.25, -0.2) is 0 Å². The van der Waals surface area contributed by atoms with Crippen LogP contribution < -0.4 is 22.0 Å². The molecular weight excluding hydrogens is 500 g/mol. The Balaban J connectivity index is 0.000000239. The van der Waals surface area contributed by atoms with E-state index in [0.717, 1.165) is 0 Å². The predicted octanol–water partition coefficient (Wildman–Crippen LogP) is 2.57. The molecule has 38 heavy (non-hydrogen) atoms. The number of nitrogens with zero attached hydrogens (tertiary/aromatic N) is 3. The molecule has 5 heterocycles. The summed E-state index contributed by atoms with van der Waals surface area (Å²) in [4.78, 5) is 42.1. The van der Waals surface area contributed by atoms with Crippen molar-refractivity contribution in [2.45, 2.75) is 48.5 Å². The average molecular weight is 531 g/mol. The molecule has 0 spiro atoms. The Morgan fingerprint density at radius 2 is 1.37 bits per heavy atom. The fourth-order valence-corrected chi connectivity index (χ4v) is 2.12. The molecule has 0 amide bonds. The Bertz CT molecular complexity index is 1560. The molecule has 0 aliphatic heterocycles. The zero-order valence-corrected chi connectivity index (χ0v) is 22.1. The molecule has 3 N–H and O–H groups in total. The van der Waals surface area contributed by atoms with Crippen LogP contribution in [0.15, 0.2) is 74.2 Å². The van der Waals surface area contributed by atoms with Crippen LogP contribution >= 0.6 is 0 Å². The fraction of sp³-hybridized carbons (Fsp3) is 0.292. The number of aromatic nitrogens is 6. The van der Waals surface area contributed by atoms with Crippen molar-refractivity contribution in [2.24, 2.45) is 0 Å². The Labute approximate surface area is 215 Å². The van der Waals surface area contributed by atoms with Crippen LogP contribution in [0.5, 0.6) is 0 Å². The largest absolute Gasteiger partial charge is 0.472 e. The maximum atomic E-state index is 10.9. The van der Waals surface area contributed by atoms with Gasteiger partial charge in [0.1, 0.15) is 17.8 Å². The molecule has 14 nitrogen and oxygen atoms in total. The standard InChI is InChI=1S/2C7H8O2.2C4H5NO2.C2H4N4/c1-5-4-9-6(2)3-7(5)8;1-5-3-9-4-6(2)7(5)8;1-3-2-7-5-4(3)6;1-3-2-4(6)5-7-3;1-2-3-5-6-4-2/h2*3-4H,1-2H3;2*2H,1H3,(H,5,6);1H3,(H,3,4,5,6). The van der Waals surface area contributed by atoms with E-state index in [-0.39, 0.29) is 22.0 Å². The average Bonchev–Trinajstić information content (AvgIpc) is 3.60. The predicted molar refractivity (Wildman–Crippen MR) is 136 cm³/mol. The van der Waals surface area contributed by atoms with E-state index in [4.69, 9.17) is 8.83 Å². The summed E-state index contributed by atoms with van der Waals surface area (Å²) in [7, 11) is 0. The number of aryl methyl sites for hydroxylation is 7. The molecule has 204 valence electrons. The van der Waals surface area contributed by atoms with Crippen molar-refractivity contribution >= 4 is 0 Å². The third-order valence-electron chi connectivity index (χ3n) is 4.19. The summed E-state index contributed by atoms with van der Waals surface area (Å²) in [6.45, 7) is 12.1. The third-order valence-corrected chi connectivity index (χ3v) is 4.19. The van der Waals surface area contributed by atoms with E-state index in [2.05, 4.69) is 40.0 Å². The molecule has 0 unspecified atom stereocenters. The number of rotatable bonds is 0. The van der Waals surface area contributed by atoms with E-state index < -0.39 is 0 Å². The van der Waals surface area contributed by atoms with E-state index in [1.54, 1.807) is 48.5 Å². The van der Waals surface area contributed by atoms with E-state index in [0.29, 0.717) is 39.6 Å². The minimum absolute atomic E-state index is 0.0405. The molecule has 5 aromatic heterocycles. The second-order valence-electron chi connectivity index (χ2n) is 7.74. The quantitative estimate of drug-likeness (QED) is 0.265. The highest BCUT2D eigenvalue weighted by Crippen LogP contribution is 1.93. The summed E-state index contributed by atoms with van der Waals surface area (Å²) >= 11 is 0. The Kier molecular flexibility index (Phi) is 13.0. The van der Waals surface area contributed by atoms with Gasteiger partial charge in [-0.05, 0) is 48.5 Å². The fourth-order valence-electron chi connectivity index (χ4n) is 2.12. The van der Waals surface area contributed by atoms with Gasteiger partial charge in [-0.15, -0.1) is 10.2 Å². The highest BCUT2D eigenvalue weighted by molar-refractivity contribution is 5.12. The first kappa shape index (κ1) is 31.0. The first-order valence-electron chi connectivity index (χ1n) is 11.0. The number of tetrazole rings is 1. The van der Waals surface area contributed by atoms with Gasteiger partial charge in [0.25, 0.3) is 11.1 Å². The lowest BCUT2D eigenvalue weighted by Gasteiger charge is -1.89. The zero-order chi connectivity index (χ0) is 28.7. The second-order valence-corrected chi connectivity index (χ2v) is 7.74. The van der Waals surface area contributed by atoms with Crippen molar-refractivity contribution in [1.82, 2.24) is 30.9 Å². The molecule has 0 aliphatic carbocycles. The topological polar surface area (TPSA) is 207 Å². The summed E-state index contributed by atoms with van der Waals surface area (Å²) in [5.74, 6) is 1.95. The Morgan fingerprint density at radius 3 is 1.63 bits per heavy atom. The molecule has 5 aromatic rings. The summed E-state index contributed by atoms with van der Waals surface area (Å²) in [5, 5.41) is 17.0. The maximum absolute atomic E-state index is 10.9. The summed E-state index contributed by atoms with van der Waals surface area (Å²) < 4.78 is 18.7. The van der Waals surface area contributed by atoms with Gasteiger partial charge in [0.05, 0.1) is 24.4 Å². The van der Waals surface area contributed by atoms with E-state index >= 15 is 0 Å². The summed E-state index contributed by atoms with van der Waals surface area (Å²) in [5.41, 5.74) is 2.36. The summed E-state index contributed by atoms with van der Waals surface area (Å²) in [6, 6.07) is 2.87. The molecule has 5 rings (SSSR count). The van der Waals surface area contributed by atoms with Crippen LogP contribution in [0.3, 0.4) is 0 Å². The van der Waals surface area contributed by atoms with Crippen molar-refractivity contribution in [1.29, 1.82) is 0 Å². The van der Waals surface area contributed by atoms with Gasteiger partial charge in [-0.1, -0.05) is 5.21 Å². The number of H-pyrrole nitrogens is 3. The van der Waals surface area contributed by atoms with Crippen molar-refractivity contribution in [3.8, 4) is 0 Å². The maximum Gasteiger partial charge on any atom is 0.282 e. The summed E-state index contributed by atoms with van der Waals surface area (Å²) in [6.07, 6.45) is 5.75. The van der Waals surface area contributed by atoms with Crippen molar-refractivity contribution < 1.29 is 17.9 Å². The molecule has 0 saturated heterocycles. The van der Waals surface area contributed by atoms with Gasteiger partial charge < -0.3 is 17.9 Å². The van der Waals surface area contributed by atoms with Gasteiger partial charge in [0.15, 0.2) is 16.7 Å². The molecule has 0 saturated carbocycles. The molecule has 0 bridgehead atoms. The van der Waals surface area contributed by atoms with Crippen LogP contribution in [0.2, 0.25) is 0 Å². The molecular formula is C24H30N6O8. The van der Waals surface area contributed by atoms with E-state index in [1.807, 2.05) is 0 Å². The van der Waals surface area contributed by atoms with Crippen LogP contribution in [-0.2, 0) is 0 Å². The normalized spacial score (nSPS) is 9.34. The van der Waals surface area contributed by atoms with Crippen LogP contribution in [0.4, 0.5) is 0 Å². The van der Waals surface area contributed by atoms with Gasteiger partial charge in [0.2, 0.25) is 0 Å². The lowest BCUT2D eigenvalue weighted by Crippen LogP contribution is -2.06. The van der Waals surface area contributed by atoms with Crippen molar-refractivity contribution in [3.63, 3.8) is 0 Å². The minimum Gasteiger partial charge on any atom is -0.472 e. The van der Waals surface area contributed by atoms with E-state index in [9.17, 15) is 19.2 Å². The van der Waals surface area contributed by atoms with Crippen LogP contribution in [-0.4, -0.2) is 30.9 Å². The molecule has 0 atom stereocenters. The molecule has 0 aliphatic rings. The first-order valence-corrected chi connectivity index (χ1v) is 11.0. The lowest BCUT2D eigenvalue weighted by molar-refractivity contribution is 0.392. The van der Waals surface area contributed by atoms with Gasteiger partial charge in [-0.3, -0.25) is 19.2 Å². The van der Waals surface area contributed by atoms with Crippen LogP contribution in [0.25, 0.3) is 0 Å². The smallest absolute Gasteiger partial charge is 0.282 e. The SMILES string of the molecule is Cc1cc(=O)[nH]o1.Cc1cc(=O)c(C)co1.Cc1co[nH]c1=O.Cc1cocc(C)c1=O.Cc1nn[nH]n1. The Morgan fingerprint density at radius 1 is 0.711 bits per heavy atom. The van der Waals surface area contributed by atoms with Crippen molar-refractivity contribution in [2.75, 3.05) is 0 Å². The molecule has 0 radical (unpaired) electrons. The Hall–Kier alpha value is -5.01. The number of hydrogen-bond acceptors (Lipinski definition) is 11. The van der Waals surface area contributed by atoms with Gasteiger partial charge in [0, 0.05) is 28.8 Å². The zero-order valence-electron chi connectivity index (χ0n) is 22.1. The van der Waals surface area contributed by atoms with Gasteiger partial charge in [-0.2, -0.15) is 15.5 Å². The number of hydrogen-bond donors (Lipinski definition) is 3. The first-order chi connectivity index (χ1) is 17.9. The highest BCUT2D eigenvalue weighted by atomic mass is 16.5. The van der Waals surface area contributed by atoms with Crippen LogP contribution in [0, 0.1) is 48.5 Å². The second kappa shape index (κ2) is 15.9. The van der Waals surface area contributed by atoms with E-state index in [1.165, 1.54) is 37.2 Å². The van der Waals surface area contributed by atoms with Crippen LogP contribution in [0.1, 0.15) is 39.6 Å². The lowest BCUT2D eigenvalue weighted by atomic mass is 10.2. The minimum atomic E-state index is -0.183. The van der Waals surface area contributed by atoms with Crippen molar-refractivity contribution in [3.05, 3.63) is 118 Å². The third kappa shape index (κ3) is 12.1. The highest BCUT2D eigenvalue weighted by Gasteiger charge is 1.94. The molecule has 0 fully saturated rings. The number of nitrogens with one attached hydrogen (secondary N) is 3. The molecule has 0 aromatic carbocycles. The number of aromatic amines is 3.